The van der Waals surface area contributed by atoms with Crippen molar-refractivity contribution >= 4 is 5.82 Å². The third kappa shape index (κ3) is 3.21. The normalized spacial score (nSPS) is 20.3. The van der Waals surface area contributed by atoms with Crippen LogP contribution >= 0.6 is 0 Å². The van der Waals surface area contributed by atoms with Crippen LogP contribution in [0.25, 0.3) is 0 Å². The molecule has 1 fully saturated rings. The van der Waals surface area contributed by atoms with Gasteiger partial charge in [-0.05, 0) is 38.3 Å². The molecule has 2 aliphatic heterocycles. The van der Waals surface area contributed by atoms with Gasteiger partial charge in [0.25, 0.3) is 0 Å². The first-order valence-electron chi connectivity index (χ1n) is 9.03. The number of ether oxygens (including phenoxy) is 1. The average Bonchev–Trinajstić information content (AvgIpc) is 2.80. The molecule has 1 saturated heterocycles. The molecular weight excluding hydrogens is 314 g/mol. The smallest absolute Gasteiger partial charge is 0.135 e. The van der Waals surface area contributed by atoms with E-state index in [1.807, 2.05) is 32.0 Å². The standard InChI is InChI=1S/C20H25N3O2/c1-20(2,24)15-7-5-9-23(11-15)19-16-10-14-6-3-4-8-18(14)25-12-17(16)21-13-22-19/h3-4,6,8,13,15,24H,5,7,9-12H2,1-2H3/t15-/m1/s1. The summed E-state index contributed by atoms with van der Waals surface area (Å²) in [6.45, 7) is 6.09. The lowest BCUT2D eigenvalue weighted by atomic mass is 9.84. The van der Waals surface area contributed by atoms with Gasteiger partial charge in [0.15, 0.2) is 0 Å². The minimum Gasteiger partial charge on any atom is -0.487 e. The molecule has 0 bridgehead atoms. The van der Waals surface area contributed by atoms with E-state index in [1.54, 1.807) is 6.33 Å². The lowest BCUT2D eigenvalue weighted by molar-refractivity contribution is 0.0109. The van der Waals surface area contributed by atoms with Crippen LogP contribution in [0.15, 0.2) is 30.6 Å². The van der Waals surface area contributed by atoms with Gasteiger partial charge in [-0.2, -0.15) is 0 Å². The number of hydrogen-bond donors (Lipinski definition) is 1. The average molecular weight is 339 g/mol. The highest BCUT2D eigenvalue weighted by atomic mass is 16.5. The van der Waals surface area contributed by atoms with E-state index in [9.17, 15) is 5.11 Å². The summed E-state index contributed by atoms with van der Waals surface area (Å²) >= 11 is 0. The lowest BCUT2D eigenvalue weighted by Crippen LogP contribution is -2.45. The van der Waals surface area contributed by atoms with Crippen LogP contribution in [0, 0.1) is 5.92 Å². The number of hydrogen-bond acceptors (Lipinski definition) is 5. The molecule has 2 aliphatic rings. The van der Waals surface area contributed by atoms with Gasteiger partial charge in [-0.3, -0.25) is 0 Å². The second-order valence-corrected chi connectivity index (χ2v) is 7.63. The van der Waals surface area contributed by atoms with Gasteiger partial charge >= 0.3 is 0 Å². The third-order valence-electron chi connectivity index (χ3n) is 5.44. The molecule has 0 aliphatic carbocycles. The molecule has 0 unspecified atom stereocenters. The first-order chi connectivity index (χ1) is 12.0. The van der Waals surface area contributed by atoms with Gasteiger partial charge in [-0.1, -0.05) is 18.2 Å². The minimum atomic E-state index is -0.668. The number of para-hydroxylation sites is 1. The Balaban J connectivity index is 1.69. The summed E-state index contributed by atoms with van der Waals surface area (Å²) in [6.07, 6.45) is 4.55. The maximum absolute atomic E-state index is 10.4. The monoisotopic (exact) mass is 339 g/mol. The van der Waals surface area contributed by atoms with E-state index >= 15 is 0 Å². The Kier molecular flexibility index (Phi) is 4.12. The fourth-order valence-electron chi connectivity index (χ4n) is 3.89. The largest absolute Gasteiger partial charge is 0.487 e. The Hall–Kier alpha value is -2.14. The molecule has 0 saturated carbocycles. The number of benzene rings is 1. The van der Waals surface area contributed by atoms with Crippen molar-refractivity contribution in [2.75, 3.05) is 18.0 Å². The van der Waals surface area contributed by atoms with Crippen LogP contribution in [0.3, 0.4) is 0 Å². The molecule has 25 heavy (non-hydrogen) atoms. The molecule has 5 heteroatoms. The van der Waals surface area contributed by atoms with Crippen molar-refractivity contribution in [3.63, 3.8) is 0 Å². The van der Waals surface area contributed by atoms with Crippen molar-refractivity contribution in [1.82, 2.24) is 9.97 Å². The maximum Gasteiger partial charge on any atom is 0.135 e. The molecule has 0 amide bonds. The van der Waals surface area contributed by atoms with E-state index in [1.165, 1.54) is 5.56 Å². The first kappa shape index (κ1) is 16.3. The molecular formula is C20H25N3O2. The fourth-order valence-corrected chi connectivity index (χ4v) is 3.89. The van der Waals surface area contributed by atoms with Crippen molar-refractivity contribution < 1.29 is 9.84 Å². The molecule has 1 aromatic carbocycles. The van der Waals surface area contributed by atoms with Crippen LogP contribution in [-0.2, 0) is 13.0 Å². The molecule has 4 rings (SSSR count). The molecule has 1 aromatic heterocycles. The predicted octanol–water partition coefficient (Wildman–Crippen LogP) is 2.95. The predicted molar refractivity (Wildman–Crippen MR) is 96.8 cm³/mol. The molecule has 0 spiro atoms. The summed E-state index contributed by atoms with van der Waals surface area (Å²) in [7, 11) is 0. The second kappa shape index (κ2) is 6.30. The van der Waals surface area contributed by atoms with Crippen molar-refractivity contribution in [2.45, 2.75) is 45.3 Å². The van der Waals surface area contributed by atoms with Crippen molar-refractivity contribution in [2.24, 2.45) is 5.92 Å². The van der Waals surface area contributed by atoms with Crippen LogP contribution in [0.4, 0.5) is 5.82 Å². The van der Waals surface area contributed by atoms with Crippen LogP contribution in [0.1, 0.15) is 43.5 Å². The van der Waals surface area contributed by atoms with Gasteiger partial charge in [0.05, 0.1) is 11.3 Å². The summed E-state index contributed by atoms with van der Waals surface area (Å²) in [6, 6.07) is 8.17. The number of piperidine rings is 1. The third-order valence-corrected chi connectivity index (χ3v) is 5.44. The Bertz CT molecular complexity index is 770. The van der Waals surface area contributed by atoms with E-state index in [4.69, 9.17) is 4.74 Å². The summed E-state index contributed by atoms with van der Waals surface area (Å²) < 4.78 is 5.94. The Morgan fingerprint density at radius 3 is 2.92 bits per heavy atom. The van der Waals surface area contributed by atoms with Gasteiger partial charge in [-0.25, -0.2) is 9.97 Å². The zero-order chi connectivity index (χ0) is 17.4. The zero-order valence-electron chi connectivity index (χ0n) is 14.9. The highest BCUT2D eigenvalue weighted by Gasteiger charge is 2.33. The number of nitrogens with zero attached hydrogens (tertiary/aromatic N) is 3. The van der Waals surface area contributed by atoms with Gasteiger partial charge in [0.1, 0.15) is 24.5 Å². The van der Waals surface area contributed by atoms with E-state index < -0.39 is 5.60 Å². The SMILES string of the molecule is CC(C)(O)[C@@H]1CCCN(c2ncnc3c2Cc2ccccc2OC3)C1. The minimum absolute atomic E-state index is 0.251. The summed E-state index contributed by atoms with van der Waals surface area (Å²) in [5.74, 6) is 2.18. The Morgan fingerprint density at radius 2 is 2.08 bits per heavy atom. The highest BCUT2D eigenvalue weighted by molar-refractivity contribution is 5.53. The number of anilines is 1. The van der Waals surface area contributed by atoms with Crippen molar-refractivity contribution in [1.29, 1.82) is 0 Å². The molecule has 132 valence electrons. The van der Waals surface area contributed by atoms with Gasteiger partial charge in [-0.15, -0.1) is 0 Å². The van der Waals surface area contributed by atoms with Crippen LogP contribution in [0.2, 0.25) is 0 Å². The fraction of sp³-hybridized carbons (Fsp3) is 0.500. The number of rotatable bonds is 2. The van der Waals surface area contributed by atoms with Gasteiger partial charge < -0.3 is 14.7 Å². The maximum atomic E-state index is 10.4. The molecule has 2 aromatic rings. The Morgan fingerprint density at radius 1 is 1.24 bits per heavy atom. The second-order valence-electron chi connectivity index (χ2n) is 7.63. The van der Waals surface area contributed by atoms with Crippen LogP contribution in [-0.4, -0.2) is 33.8 Å². The topological polar surface area (TPSA) is 58.5 Å². The summed E-state index contributed by atoms with van der Waals surface area (Å²) in [5.41, 5.74) is 2.63. The first-order valence-corrected chi connectivity index (χ1v) is 9.03. The zero-order valence-corrected chi connectivity index (χ0v) is 14.9. The molecule has 5 nitrogen and oxygen atoms in total. The van der Waals surface area contributed by atoms with Gasteiger partial charge in [0, 0.05) is 31.0 Å². The van der Waals surface area contributed by atoms with Crippen molar-refractivity contribution in [3.8, 4) is 5.75 Å². The number of aromatic nitrogens is 2. The lowest BCUT2D eigenvalue weighted by Gasteiger charge is -2.39. The molecule has 1 N–H and O–H groups in total. The highest BCUT2D eigenvalue weighted by Crippen LogP contribution is 2.34. The van der Waals surface area contributed by atoms with Crippen LogP contribution < -0.4 is 9.64 Å². The number of fused-ring (bicyclic) bond motifs is 2. The van der Waals surface area contributed by atoms with E-state index in [0.717, 1.165) is 55.2 Å². The molecule has 1 atom stereocenters. The summed E-state index contributed by atoms with van der Waals surface area (Å²) in [5, 5.41) is 10.4. The van der Waals surface area contributed by atoms with E-state index in [-0.39, 0.29) is 5.92 Å². The molecule has 0 radical (unpaired) electrons. The number of aliphatic hydroxyl groups is 1. The van der Waals surface area contributed by atoms with Crippen molar-refractivity contribution in [3.05, 3.63) is 47.4 Å². The van der Waals surface area contributed by atoms with E-state index in [0.29, 0.717) is 6.61 Å². The summed E-state index contributed by atoms with van der Waals surface area (Å²) in [4.78, 5) is 11.4. The van der Waals surface area contributed by atoms with Gasteiger partial charge in [0.2, 0.25) is 0 Å². The molecule has 3 heterocycles. The quantitative estimate of drug-likeness (QED) is 0.911. The Labute approximate surface area is 148 Å². The van der Waals surface area contributed by atoms with Crippen LogP contribution in [0.5, 0.6) is 5.75 Å². The van der Waals surface area contributed by atoms with E-state index in [2.05, 4.69) is 20.9 Å².